The van der Waals surface area contributed by atoms with Crippen LogP contribution in [0.5, 0.6) is 0 Å². The van der Waals surface area contributed by atoms with Crippen molar-refractivity contribution in [2.75, 3.05) is 23.4 Å². The average molecular weight is 344 g/mol. The second-order valence-electron chi connectivity index (χ2n) is 6.59. The number of benzene rings is 3. The maximum absolute atomic E-state index is 12.8. The number of rotatable bonds is 3. The predicted molar refractivity (Wildman–Crippen MR) is 105 cm³/mol. The van der Waals surface area contributed by atoms with E-state index in [0.717, 1.165) is 35.1 Å². The van der Waals surface area contributed by atoms with Gasteiger partial charge < -0.3 is 9.80 Å². The molecule has 3 aromatic rings. The Kier molecular flexibility index (Phi) is 4.17. The van der Waals surface area contributed by atoms with Crippen molar-refractivity contribution >= 4 is 34.0 Å². The fraction of sp³-hybridized carbons (Fsp3) is 0.182. The molecule has 26 heavy (non-hydrogen) atoms. The van der Waals surface area contributed by atoms with Crippen molar-refractivity contribution in [3.8, 4) is 0 Å². The SMILES string of the molecule is CN(C(=O)c1ccc(N2CCCC2=O)cc1)c1ccc2ccccc2c1. The normalized spacial score (nSPS) is 14.0. The second-order valence-corrected chi connectivity index (χ2v) is 6.59. The lowest BCUT2D eigenvalue weighted by atomic mass is 10.1. The number of carbonyl (C=O) groups excluding carboxylic acids is 2. The third kappa shape index (κ3) is 2.94. The van der Waals surface area contributed by atoms with Gasteiger partial charge in [0.15, 0.2) is 0 Å². The first-order chi connectivity index (χ1) is 12.6. The monoisotopic (exact) mass is 344 g/mol. The first-order valence-corrected chi connectivity index (χ1v) is 8.81. The molecule has 0 aromatic heterocycles. The molecule has 0 spiro atoms. The zero-order valence-electron chi connectivity index (χ0n) is 14.7. The molecule has 0 N–H and O–H groups in total. The summed E-state index contributed by atoms with van der Waals surface area (Å²) in [6.45, 7) is 0.753. The van der Waals surface area contributed by atoms with Crippen LogP contribution in [0.25, 0.3) is 10.8 Å². The van der Waals surface area contributed by atoms with Crippen molar-refractivity contribution in [1.29, 1.82) is 0 Å². The Hall–Kier alpha value is -3.14. The lowest BCUT2D eigenvalue weighted by molar-refractivity contribution is -0.117. The lowest BCUT2D eigenvalue weighted by Gasteiger charge is -2.19. The van der Waals surface area contributed by atoms with E-state index >= 15 is 0 Å². The molecule has 1 heterocycles. The Bertz CT molecular complexity index is 979. The molecule has 130 valence electrons. The summed E-state index contributed by atoms with van der Waals surface area (Å²) in [5.74, 6) is 0.0805. The molecule has 1 aliphatic rings. The molecule has 3 aromatic carbocycles. The molecular formula is C22H20N2O2. The average Bonchev–Trinajstić information content (AvgIpc) is 3.12. The molecule has 1 saturated heterocycles. The van der Waals surface area contributed by atoms with Crippen LogP contribution in [0.2, 0.25) is 0 Å². The first kappa shape index (κ1) is 16.3. The molecule has 0 radical (unpaired) electrons. The standard InChI is InChI=1S/C22H20N2O2/c1-23(20-13-8-16-5-2-3-6-18(16)15-20)22(26)17-9-11-19(12-10-17)24-14-4-7-21(24)25/h2-3,5-6,8-13,15H,4,7,14H2,1H3. The largest absolute Gasteiger partial charge is 0.312 e. The summed E-state index contributed by atoms with van der Waals surface area (Å²) in [6, 6.07) is 21.4. The Balaban J connectivity index is 1.56. The fourth-order valence-corrected chi connectivity index (χ4v) is 3.40. The van der Waals surface area contributed by atoms with E-state index in [1.807, 2.05) is 48.5 Å². The third-order valence-electron chi connectivity index (χ3n) is 4.92. The molecule has 0 atom stereocenters. The molecular weight excluding hydrogens is 324 g/mol. The summed E-state index contributed by atoms with van der Waals surface area (Å²) in [4.78, 5) is 28.1. The highest BCUT2D eigenvalue weighted by atomic mass is 16.2. The van der Waals surface area contributed by atoms with Gasteiger partial charge in [-0.15, -0.1) is 0 Å². The zero-order valence-corrected chi connectivity index (χ0v) is 14.7. The molecule has 4 rings (SSSR count). The Morgan fingerprint density at radius 3 is 2.38 bits per heavy atom. The minimum absolute atomic E-state index is 0.0698. The molecule has 0 aliphatic carbocycles. The minimum Gasteiger partial charge on any atom is -0.312 e. The van der Waals surface area contributed by atoms with Gasteiger partial charge in [-0.1, -0.05) is 30.3 Å². The topological polar surface area (TPSA) is 40.6 Å². The van der Waals surface area contributed by atoms with Crippen LogP contribution in [0.3, 0.4) is 0 Å². The number of nitrogens with zero attached hydrogens (tertiary/aromatic N) is 2. The van der Waals surface area contributed by atoms with Crippen molar-refractivity contribution in [2.24, 2.45) is 0 Å². The third-order valence-corrected chi connectivity index (χ3v) is 4.92. The van der Waals surface area contributed by atoms with E-state index in [2.05, 4.69) is 6.07 Å². The molecule has 4 nitrogen and oxygen atoms in total. The number of amides is 2. The van der Waals surface area contributed by atoms with Gasteiger partial charge in [-0.25, -0.2) is 0 Å². The van der Waals surface area contributed by atoms with Crippen LogP contribution in [0.4, 0.5) is 11.4 Å². The van der Waals surface area contributed by atoms with Crippen molar-refractivity contribution in [2.45, 2.75) is 12.8 Å². The van der Waals surface area contributed by atoms with Gasteiger partial charge in [0.1, 0.15) is 0 Å². The van der Waals surface area contributed by atoms with E-state index in [1.54, 1.807) is 29.0 Å². The maximum Gasteiger partial charge on any atom is 0.258 e. The number of carbonyl (C=O) groups is 2. The van der Waals surface area contributed by atoms with Crippen LogP contribution < -0.4 is 9.80 Å². The van der Waals surface area contributed by atoms with E-state index in [1.165, 1.54) is 0 Å². The van der Waals surface area contributed by atoms with E-state index in [4.69, 9.17) is 0 Å². The van der Waals surface area contributed by atoms with Crippen LogP contribution in [0.1, 0.15) is 23.2 Å². The van der Waals surface area contributed by atoms with E-state index in [0.29, 0.717) is 12.0 Å². The predicted octanol–water partition coefficient (Wildman–Crippen LogP) is 4.24. The van der Waals surface area contributed by atoms with Crippen LogP contribution in [0, 0.1) is 0 Å². The Labute approximate surface area is 152 Å². The number of hydrogen-bond donors (Lipinski definition) is 0. The van der Waals surface area contributed by atoms with E-state index in [9.17, 15) is 9.59 Å². The van der Waals surface area contributed by atoms with Gasteiger partial charge in [-0.05, 0) is 53.6 Å². The summed E-state index contributed by atoms with van der Waals surface area (Å²) < 4.78 is 0. The quantitative estimate of drug-likeness (QED) is 0.713. The van der Waals surface area contributed by atoms with Crippen LogP contribution in [0.15, 0.2) is 66.7 Å². The molecule has 0 saturated carbocycles. The number of fused-ring (bicyclic) bond motifs is 1. The lowest BCUT2D eigenvalue weighted by Crippen LogP contribution is -2.26. The molecule has 4 heteroatoms. The fourth-order valence-electron chi connectivity index (χ4n) is 3.40. The van der Waals surface area contributed by atoms with Crippen LogP contribution in [-0.4, -0.2) is 25.4 Å². The summed E-state index contributed by atoms with van der Waals surface area (Å²) >= 11 is 0. The molecule has 2 amide bonds. The maximum atomic E-state index is 12.8. The molecule has 1 aliphatic heterocycles. The van der Waals surface area contributed by atoms with Crippen molar-refractivity contribution in [3.05, 3.63) is 72.3 Å². The highest BCUT2D eigenvalue weighted by Gasteiger charge is 2.22. The minimum atomic E-state index is -0.0698. The molecule has 0 bridgehead atoms. The Morgan fingerprint density at radius 1 is 0.962 bits per heavy atom. The highest BCUT2D eigenvalue weighted by Crippen LogP contribution is 2.25. The van der Waals surface area contributed by atoms with Gasteiger partial charge >= 0.3 is 0 Å². The van der Waals surface area contributed by atoms with Crippen molar-refractivity contribution < 1.29 is 9.59 Å². The van der Waals surface area contributed by atoms with Gasteiger partial charge in [0.25, 0.3) is 5.91 Å². The Morgan fingerprint density at radius 2 is 1.69 bits per heavy atom. The molecule has 0 unspecified atom stereocenters. The van der Waals surface area contributed by atoms with Gasteiger partial charge in [-0.2, -0.15) is 0 Å². The van der Waals surface area contributed by atoms with Crippen molar-refractivity contribution in [1.82, 2.24) is 0 Å². The molecule has 1 fully saturated rings. The van der Waals surface area contributed by atoms with Gasteiger partial charge in [0.05, 0.1) is 0 Å². The summed E-state index contributed by atoms with van der Waals surface area (Å²) in [6.07, 6.45) is 1.50. The van der Waals surface area contributed by atoms with E-state index < -0.39 is 0 Å². The first-order valence-electron chi connectivity index (χ1n) is 8.81. The number of anilines is 2. The second kappa shape index (κ2) is 6.64. The van der Waals surface area contributed by atoms with Crippen molar-refractivity contribution in [3.63, 3.8) is 0 Å². The zero-order chi connectivity index (χ0) is 18.1. The summed E-state index contributed by atoms with van der Waals surface area (Å²) in [7, 11) is 1.78. The summed E-state index contributed by atoms with van der Waals surface area (Å²) in [5.41, 5.74) is 2.32. The van der Waals surface area contributed by atoms with Gasteiger partial charge in [0, 0.05) is 37.0 Å². The van der Waals surface area contributed by atoms with Gasteiger partial charge in [0.2, 0.25) is 5.91 Å². The van der Waals surface area contributed by atoms with E-state index in [-0.39, 0.29) is 11.8 Å². The highest BCUT2D eigenvalue weighted by molar-refractivity contribution is 6.07. The summed E-state index contributed by atoms with van der Waals surface area (Å²) in [5, 5.41) is 2.25. The van der Waals surface area contributed by atoms with Crippen LogP contribution in [-0.2, 0) is 4.79 Å². The van der Waals surface area contributed by atoms with Gasteiger partial charge in [-0.3, -0.25) is 9.59 Å². The number of hydrogen-bond acceptors (Lipinski definition) is 2. The smallest absolute Gasteiger partial charge is 0.258 e. The van der Waals surface area contributed by atoms with Crippen LogP contribution >= 0.6 is 0 Å².